The summed E-state index contributed by atoms with van der Waals surface area (Å²) in [6, 6.07) is 9.06. The number of amides is 1. The van der Waals surface area contributed by atoms with E-state index in [1.807, 2.05) is 7.05 Å². The van der Waals surface area contributed by atoms with Gasteiger partial charge in [-0.3, -0.25) is 4.79 Å². The van der Waals surface area contributed by atoms with E-state index in [1.165, 1.54) is 11.1 Å². The summed E-state index contributed by atoms with van der Waals surface area (Å²) in [6.07, 6.45) is 3.88. The first-order chi connectivity index (χ1) is 9.20. The number of aryl methyl sites for hydroxylation is 1. The first-order valence-electron chi connectivity index (χ1n) is 7.20. The van der Waals surface area contributed by atoms with Gasteiger partial charge in [0.1, 0.15) is 0 Å². The predicted octanol–water partition coefficient (Wildman–Crippen LogP) is 2.56. The molecular weight excluding hydrogens is 272 g/mol. The molecule has 1 amide bonds. The molecule has 1 fully saturated rings. The first kappa shape index (κ1) is 17.0. The van der Waals surface area contributed by atoms with E-state index in [1.54, 1.807) is 0 Å². The van der Waals surface area contributed by atoms with Gasteiger partial charge in [-0.2, -0.15) is 0 Å². The maximum atomic E-state index is 12.1. The largest absolute Gasteiger partial charge is 0.339 e. The minimum absolute atomic E-state index is 0. The maximum Gasteiger partial charge on any atom is 0.224 e. The van der Waals surface area contributed by atoms with Crippen molar-refractivity contribution in [3.63, 3.8) is 0 Å². The van der Waals surface area contributed by atoms with Crippen molar-refractivity contribution in [3.05, 3.63) is 35.4 Å². The molecule has 1 N–H and O–H groups in total. The molecule has 2 rings (SSSR count). The Labute approximate surface area is 128 Å². The van der Waals surface area contributed by atoms with Gasteiger partial charge in [-0.25, -0.2) is 0 Å². The standard InChI is InChI=1S/C16H24N2O.ClH/c1-13-5-7-14(8-6-13)12-15-4-3-11-18(15)16(19)9-10-17-2;/h5-8,15,17H,3-4,9-12H2,1-2H3;1H. The Morgan fingerprint density at radius 3 is 2.70 bits per heavy atom. The number of hydrogen-bond acceptors (Lipinski definition) is 2. The monoisotopic (exact) mass is 296 g/mol. The van der Waals surface area contributed by atoms with E-state index in [9.17, 15) is 4.79 Å². The molecule has 0 aliphatic carbocycles. The minimum atomic E-state index is 0. The smallest absolute Gasteiger partial charge is 0.224 e. The van der Waals surface area contributed by atoms with Crippen molar-refractivity contribution in [1.29, 1.82) is 0 Å². The van der Waals surface area contributed by atoms with Gasteiger partial charge in [0.15, 0.2) is 0 Å². The Balaban J connectivity index is 0.00000200. The number of carbonyl (C=O) groups excluding carboxylic acids is 1. The van der Waals surface area contributed by atoms with Gasteiger partial charge in [-0.15, -0.1) is 12.4 Å². The summed E-state index contributed by atoms with van der Waals surface area (Å²) < 4.78 is 0. The third-order valence-corrected chi connectivity index (χ3v) is 3.88. The van der Waals surface area contributed by atoms with Crippen LogP contribution in [-0.4, -0.2) is 37.0 Å². The SMILES string of the molecule is CNCCC(=O)N1CCCC1Cc1ccc(C)cc1.Cl. The highest BCUT2D eigenvalue weighted by atomic mass is 35.5. The third-order valence-electron chi connectivity index (χ3n) is 3.88. The Hall–Kier alpha value is -1.06. The van der Waals surface area contributed by atoms with Crippen LogP contribution in [0.3, 0.4) is 0 Å². The molecule has 1 aromatic carbocycles. The highest BCUT2D eigenvalue weighted by Gasteiger charge is 2.28. The topological polar surface area (TPSA) is 32.3 Å². The summed E-state index contributed by atoms with van der Waals surface area (Å²) >= 11 is 0. The zero-order chi connectivity index (χ0) is 13.7. The van der Waals surface area contributed by atoms with Crippen LogP contribution in [0.15, 0.2) is 24.3 Å². The fourth-order valence-electron chi connectivity index (χ4n) is 2.75. The molecule has 1 aromatic rings. The zero-order valence-electron chi connectivity index (χ0n) is 12.4. The summed E-state index contributed by atoms with van der Waals surface area (Å²) in [5.74, 6) is 0.295. The molecule has 1 unspecified atom stereocenters. The molecule has 1 atom stereocenters. The molecule has 0 radical (unpaired) electrons. The van der Waals surface area contributed by atoms with Crippen LogP contribution in [0, 0.1) is 6.92 Å². The molecule has 112 valence electrons. The Bertz CT molecular complexity index is 419. The number of rotatable bonds is 5. The molecular formula is C16H25ClN2O. The first-order valence-corrected chi connectivity index (χ1v) is 7.20. The van der Waals surface area contributed by atoms with Crippen LogP contribution in [0.5, 0.6) is 0 Å². The van der Waals surface area contributed by atoms with Gasteiger partial charge < -0.3 is 10.2 Å². The fraction of sp³-hybridized carbons (Fsp3) is 0.562. The quantitative estimate of drug-likeness (QED) is 0.906. The summed E-state index contributed by atoms with van der Waals surface area (Å²) in [6.45, 7) is 3.80. The van der Waals surface area contributed by atoms with Gasteiger partial charge in [0, 0.05) is 25.6 Å². The Morgan fingerprint density at radius 1 is 1.35 bits per heavy atom. The second kappa shape index (κ2) is 8.28. The zero-order valence-corrected chi connectivity index (χ0v) is 13.2. The summed E-state index contributed by atoms with van der Waals surface area (Å²) in [4.78, 5) is 14.2. The molecule has 20 heavy (non-hydrogen) atoms. The molecule has 4 heteroatoms. The number of benzene rings is 1. The minimum Gasteiger partial charge on any atom is -0.339 e. The van der Waals surface area contributed by atoms with Crippen LogP contribution in [0.1, 0.15) is 30.4 Å². The van der Waals surface area contributed by atoms with E-state index in [-0.39, 0.29) is 12.4 Å². The van der Waals surface area contributed by atoms with E-state index in [2.05, 4.69) is 41.4 Å². The van der Waals surface area contributed by atoms with Crippen LogP contribution in [0.25, 0.3) is 0 Å². The lowest BCUT2D eigenvalue weighted by Crippen LogP contribution is -2.37. The van der Waals surface area contributed by atoms with Gasteiger partial charge in [0.25, 0.3) is 0 Å². The number of nitrogens with one attached hydrogen (secondary N) is 1. The molecule has 0 aromatic heterocycles. The van der Waals surface area contributed by atoms with Crippen molar-refractivity contribution >= 4 is 18.3 Å². The van der Waals surface area contributed by atoms with Gasteiger partial charge in [-0.1, -0.05) is 29.8 Å². The number of nitrogens with zero attached hydrogens (tertiary/aromatic N) is 1. The van der Waals surface area contributed by atoms with Crippen molar-refractivity contribution in [2.75, 3.05) is 20.1 Å². The fourth-order valence-corrected chi connectivity index (χ4v) is 2.75. The molecule has 1 aliphatic rings. The number of likely N-dealkylation sites (tertiary alicyclic amines) is 1. The summed E-state index contributed by atoms with van der Waals surface area (Å²) in [5.41, 5.74) is 2.63. The average molecular weight is 297 g/mol. The average Bonchev–Trinajstić information content (AvgIpc) is 2.87. The van der Waals surface area contributed by atoms with Crippen LogP contribution in [-0.2, 0) is 11.2 Å². The second-order valence-corrected chi connectivity index (χ2v) is 5.43. The van der Waals surface area contributed by atoms with E-state index in [4.69, 9.17) is 0 Å². The molecule has 1 saturated heterocycles. The molecule has 0 bridgehead atoms. The third kappa shape index (κ3) is 4.50. The van der Waals surface area contributed by atoms with Gasteiger partial charge in [0.05, 0.1) is 0 Å². The lowest BCUT2D eigenvalue weighted by atomic mass is 10.0. The van der Waals surface area contributed by atoms with Gasteiger partial charge >= 0.3 is 0 Å². The number of carbonyl (C=O) groups is 1. The summed E-state index contributed by atoms with van der Waals surface area (Å²) in [5, 5.41) is 3.05. The van der Waals surface area contributed by atoms with Gasteiger partial charge in [-0.05, 0) is 38.8 Å². The van der Waals surface area contributed by atoms with E-state index in [0.29, 0.717) is 18.4 Å². The van der Waals surface area contributed by atoms with Gasteiger partial charge in [0.2, 0.25) is 5.91 Å². The lowest BCUT2D eigenvalue weighted by Gasteiger charge is -2.25. The van der Waals surface area contributed by atoms with E-state index >= 15 is 0 Å². The number of hydrogen-bond donors (Lipinski definition) is 1. The Morgan fingerprint density at radius 2 is 2.05 bits per heavy atom. The normalized spacial score (nSPS) is 17.9. The molecule has 0 spiro atoms. The predicted molar refractivity (Wildman–Crippen MR) is 85.4 cm³/mol. The van der Waals surface area contributed by atoms with Crippen LogP contribution >= 0.6 is 12.4 Å². The van der Waals surface area contributed by atoms with Crippen molar-refractivity contribution in [1.82, 2.24) is 10.2 Å². The second-order valence-electron chi connectivity index (χ2n) is 5.43. The summed E-state index contributed by atoms with van der Waals surface area (Å²) in [7, 11) is 1.89. The molecule has 0 saturated carbocycles. The van der Waals surface area contributed by atoms with Crippen LogP contribution in [0.2, 0.25) is 0 Å². The van der Waals surface area contributed by atoms with Crippen molar-refractivity contribution < 1.29 is 4.79 Å². The van der Waals surface area contributed by atoms with Crippen molar-refractivity contribution in [2.24, 2.45) is 0 Å². The highest BCUT2D eigenvalue weighted by molar-refractivity contribution is 5.85. The van der Waals surface area contributed by atoms with Crippen molar-refractivity contribution in [3.8, 4) is 0 Å². The highest BCUT2D eigenvalue weighted by Crippen LogP contribution is 2.22. The number of halogens is 1. The van der Waals surface area contributed by atoms with E-state index < -0.39 is 0 Å². The molecule has 3 nitrogen and oxygen atoms in total. The molecule has 1 aliphatic heterocycles. The molecule has 1 heterocycles. The van der Waals surface area contributed by atoms with Crippen LogP contribution < -0.4 is 5.32 Å². The Kier molecular flexibility index (Phi) is 7.03. The van der Waals surface area contributed by atoms with Crippen LogP contribution in [0.4, 0.5) is 0 Å². The van der Waals surface area contributed by atoms with E-state index in [0.717, 1.165) is 32.4 Å². The lowest BCUT2D eigenvalue weighted by molar-refractivity contribution is -0.131. The maximum absolute atomic E-state index is 12.1. The van der Waals surface area contributed by atoms with Crippen molar-refractivity contribution in [2.45, 2.75) is 38.6 Å².